The number of aliphatic imine (C=N–C) groups is 1. The molecule has 19 heavy (non-hydrogen) atoms. The molecule has 0 saturated heterocycles. The summed E-state index contributed by atoms with van der Waals surface area (Å²) in [5.74, 6) is 0.710. The Labute approximate surface area is 119 Å². The summed E-state index contributed by atoms with van der Waals surface area (Å²) in [6.07, 6.45) is 1.58. The first-order valence-electron chi connectivity index (χ1n) is 6.61. The van der Waals surface area contributed by atoms with Gasteiger partial charge in [-0.15, -0.1) is 11.8 Å². The van der Waals surface area contributed by atoms with E-state index in [0.29, 0.717) is 0 Å². The van der Waals surface area contributed by atoms with E-state index in [1.807, 2.05) is 32.0 Å². The number of benzene rings is 1. The van der Waals surface area contributed by atoms with Crippen LogP contribution >= 0.6 is 11.8 Å². The van der Waals surface area contributed by atoms with Crippen LogP contribution in [-0.2, 0) is 16.0 Å². The van der Waals surface area contributed by atoms with Gasteiger partial charge in [-0.05, 0) is 12.0 Å². The molecule has 2 rings (SSSR count). The molecule has 0 unspecified atom stereocenters. The molecule has 0 fully saturated rings. The molecule has 0 N–H and O–H groups in total. The lowest BCUT2D eigenvalue weighted by Crippen LogP contribution is -2.25. The Balaban J connectivity index is 0.000000861. The minimum atomic E-state index is -0.306. The molecule has 1 aromatic rings. The van der Waals surface area contributed by atoms with Crippen LogP contribution in [0.3, 0.4) is 0 Å². The molecule has 1 heterocycles. The molecule has 0 aliphatic carbocycles. The van der Waals surface area contributed by atoms with Crippen molar-refractivity contribution in [1.29, 1.82) is 0 Å². The van der Waals surface area contributed by atoms with Crippen molar-refractivity contribution in [2.45, 2.75) is 32.7 Å². The van der Waals surface area contributed by atoms with Gasteiger partial charge < -0.3 is 4.74 Å². The van der Waals surface area contributed by atoms with Crippen molar-refractivity contribution in [3.8, 4) is 0 Å². The van der Waals surface area contributed by atoms with Crippen LogP contribution in [0, 0.1) is 0 Å². The second kappa shape index (κ2) is 8.75. The van der Waals surface area contributed by atoms with Gasteiger partial charge in [0.05, 0.1) is 12.2 Å². The van der Waals surface area contributed by atoms with E-state index >= 15 is 0 Å². The molecule has 0 spiro atoms. The van der Waals surface area contributed by atoms with Crippen molar-refractivity contribution >= 4 is 22.8 Å². The maximum Gasteiger partial charge on any atom is 0.330 e. The van der Waals surface area contributed by atoms with E-state index in [0.717, 1.165) is 23.6 Å². The van der Waals surface area contributed by atoms with E-state index in [1.54, 1.807) is 11.8 Å². The molecule has 104 valence electrons. The quantitative estimate of drug-likeness (QED) is 0.797. The maximum absolute atomic E-state index is 11.4. The van der Waals surface area contributed by atoms with Crippen molar-refractivity contribution in [3.05, 3.63) is 35.9 Å². The van der Waals surface area contributed by atoms with E-state index in [-0.39, 0.29) is 12.0 Å². The number of nitrogens with zero attached hydrogens (tertiary/aromatic N) is 1. The maximum atomic E-state index is 11.4. The zero-order chi connectivity index (χ0) is 14.1. The van der Waals surface area contributed by atoms with E-state index < -0.39 is 0 Å². The highest BCUT2D eigenvalue weighted by atomic mass is 32.2. The first kappa shape index (κ1) is 15.8. The molecule has 1 aliphatic heterocycles. The topological polar surface area (TPSA) is 38.7 Å². The molecule has 3 nitrogen and oxygen atoms in total. The molecule has 0 aromatic heterocycles. The lowest BCUT2D eigenvalue weighted by atomic mass is 10.1. The normalized spacial score (nSPS) is 17.8. The fraction of sp³-hybridized carbons (Fsp3) is 0.467. The average Bonchev–Trinajstić information content (AvgIpc) is 2.50. The van der Waals surface area contributed by atoms with Gasteiger partial charge in [0.2, 0.25) is 0 Å². The van der Waals surface area contributed by atoms with Crippen molar-refractivity contribution in [2.24, 2.45) is 4.99 Å². The summed E-state index contributed by atoms with van der Waals surface area (Å²) in [5, 5.41) is 1.03. The van der Waals surface area contributed by atoms with Crippen LogP contribution in [0.5, 0.6) is 0 Å². The number of rotatable bonds is 3. The molecular formula is C15H21NO2S. The summed E-state index contributed by atoms with van der Waals surface area (Å²) in [7, 11) is 1.41. The number of carbonyl (C=O) groups excluding carboxylic acids is 1. The van der Waals surface area contributed by atoms with Crippen LogP contribution in [0.4, 0.5) is 0 Å². The molecule has 0 saturated carbocycles. The Bertz CT molecular complexity index is 417. The number of ether oxygens (including phenoxy) is 1. The predicted molar refractivity (Wildman–Crippen MR) is 81.8 cm³/mol. The number of hydrogen-bond donors (Lipinski definition) is 0. The molecule has 0 amide bonds. The molecule has 1 atom stereocenters. The Morgan fingerprint density at radius 1 is 1.37 bits per heavy atom. The SMILES string of the molecule is CC.COC(=O)[C@@H]1CCSC(Cc2ccccc2)=N1. The fourth-order valence-corrected chi connectivity index (χ4v) is 2.78. The molecule has 0 bridgehead atoms. The van der Waals surface area contributed by atoms with Gasteiger partial charge in [0.15, 0.2) is 0 Å². The monoisotopic (exact) mass is 279 g/mol. The van der Waals surface area contributed by atoms with Crippen LogP contribution in [0.1, 0.15) is 25.8 Å². The lowest BCUT2D eigenvalue weighted by Gasteiger charge is -2.18. The Hall–Kier alpha value is -1.29. The van der Waals surface area contributed by atoms with Crippen molar-refractivity contribution in [2.75, 3.05) is 12.9 Å². The standard InChI is InChI=1S/C13H15NO2S.C2H6/c1-16-13(15)11-7-8-17-12(14-11)9-10-5-3-2-4-6-10;1-2/h2-6,11H,7-9H2,1H3;1-2H3/t11-;/m0./s1. The highest BCUT2D eigenvalue weighted by Crippen LogP contribution is 2.21. The van der Waals surface area contributed by atoms with Crippen molar-refractivity contribution < 1.29 is 9.53 Å². The smallest absolute Gasteiger partial charge is 0.330 e. The summed E-state index contributed by atoms with van der Waals surface area (Å²) in [6.45, 7) is 4.00. The van der Waals surface area contributed by atoms with Crippen molar-refractivity contribution in [3.63, 3.8) is 0 Å². The van der Waals surface area contributed by atoms with Crippen LogP contribution in [-0.4, -0.2) is 29.9 Å². The molecule has 0 radical (unpaired) electrons. The number of hydrogen-bond acceptors (Lipinski definition) is 4. The van der Waals surface area contributed by atoms with E-state index in [9.17, 15) is 4.79 Å². The fourth-order valence-electron chi connectivity index (χ4n) is 1.74. The second-order valence-corrected chi connectivity index (χ2v) is 5.03. The highest BCUT2D eigenvalue weighted by molar-refractivity contribution is 8.14. The van der Waals surface area contributed by atoms with E-state index in [2.05, 4.69) is 17.1 Å². The number of methoxy groups -OCH3 is 1. The first-order valence-corrected chi connectivity index (χ1v) is 7.59. The van der Waals surface area contributed by atoms with Crippen molar-refractivity contribution in [1.82, 2.24) is 0 Å². The Morgan fingerprint density at radius 2 is 2.05 bits per heavy atom. The minimum Gasteiger partial charge on any atom is -0.467 e. The second-order valence-electron chi connectivity index (χ2n) is 3.86. The minimum absolute atomic E-state index is 0.226. The summed E-state index contributed by atoms with van der Waals surface area (Å²) < 4.78 is 4.73. The summed E-state index contributed by atoms with van der Waals surface area (Å²) in [4.78, 5) is 15.9. The summed E-state index contributed by atoms with van der Waals surface area (Å²) in [5.41, 5.74) is 1.23. The highest BCUT2D eigenvalue weighted by Gasteiger charge is 2.22. The van der Waals surface area contributed by atoms with Crippen LogP contribution in [0.2, 0.25) is 0 Å². The van der Waals surface area contributed by atoms with Gasteiger partial charge in [0, 0.05) is 12.2 Å². The number of carbonyl (C=O) groups is 1. The van der Waals surface area contributed by atoms with Crippen LogP contribution in [0.25, 0.3) is 0 Å². The lowest BCUT2D eigenvalue weighted by molar-refractivity contribution is -0.142. The molecule has 1 aliphatic rings. The zero-order valence-corrected chi connectivity index (χ0v) is 12.6. The Kier molecular flexibility index (Phi) is 7.26. The third-order valence-corrected chi connectivity index (χ3v) is 3.65. The van der Waals surface area contributed by atoms with Gasteiger partial charge in [0.25, 0.3) is 0 Å². The van der Waals surface area contributed by atoms with Crippen LogP contribution in [0.15, 0.2) is 35.3 Å². The zero-order valence-electron chi connectivity index (χ0n) is 11.8. The Morgan fingerprint density at radius 3 is 2.68 bits per heavy atom. The van der Waals surface area contributed by atoms with Gasteiger partial charge in [-0.3, -0.25) is 4.99 Å². The van der Waals surface area contributed by atoms with Gasteiger partial charge >= 0.3 is 5.97 Å². The number of esters is 1. The largest absolute Gasteiger partial charge is 0.467 e. The molecular weight excluding hydrogens is 258 g/mol. The van der Waals surface area contributed by atoms with Gasteiger partial charge in [-0.25, -0.2) is 4.79 Å². The van der Waals surface area contributed by atoms with E-state index in [4.69, 9.17) is 4.74 Å². The van der Waals surface area contributed by atoms with Gasteiger partial charge in [-0.2, -0.15) is 0 Å². The average molecular weight is 279 g/mol. The molecule has 4 heteroatoms. The summed E-state index contributed by atoms with van der Waals surface area (Å²) >= 11 is 1.73. The van der Waals surface area contributed by atoms with E-state index in [1.165, 1.54) is 12.7 Å². The third kappa shape index (κ3) is 5.07. The van der Waals surface area contributed by atoms with Gasteiger partial charge in [-0.1, -0.05) is 44.2 Å². The van der Waals surface area contributed by atoms with Gasteiger partial charge in [0.1, 0.15) is 6.04 Å². The summed E-state index contributed by atoms with van der Waals surface area (Å²) in [6, 6.07) is 9.87. The predicted octanol–water partition coefficient (Wildman–Crippen LogP) is 3.33. The van der Waals surface area contributed by atoms with Crippen LogP contribution < -0.4 is 0 Å². The molecule has 1 aromatic carbocycles. The number of thioether (sulfide) groups is 1. The first-order chi connectivity index (χ1) is 9.29. The third-order valence-electron chi connectivity index (χ3n) is 2.63.